The van der Waals surface area contributed by atoms with Gasteiger partial charge >= 0.3 is 23.9 Å². The maximum atomic E-state index is 13.4. The topological polar surface area (TPSA) is 17.1 Å². The predicted octanol–water partition coefficient (Wildman–Crippen LogP) is 5.24. The molecule has 0 saturated heterocycles. The average Bonchev–Trinajstić information content (AvgIpc) is 2.36. The number of hydrogen-bond acceptors (Lipinski definition) is 1. The molecule has 0 heterocycles. The molecule has 0 saturated carbocycles. The maximum Gasteiger partial charge on any atom is 0.460 e. The molecular weight excluding hydrogens is 331 g/mol. The third kappa shape index (κ3) is 3.87. The average molecular weight is 346 g/mol. The van der Waals surface area contributed by atoms with E-state index in [1.54, 1.807) is 6.92 Å². The molecule has 0 spiro atoms. The fraction of sp³-hybridized carbons (Fsp3) is 0.917. The molecule has 0 aliphatic carbocycles. The third-order valence-corrected chi connectivity index (χ3v) is 3.17. The normalized spacial score (nSPS) is 15.7. The molecule has 0 aromatic rings. The Labute approximate surface area is 120 Å². The van der Waals surface area contributed by atoms with Crippen LogP contribution in [0.3, 0.4) is 0 Å². The minimum Gasteiger partial charge on any atom is -0.303 e. The molecule has 0 N–H and O–H groups in total. The first-order chi connectivity index (χ1) is 9.77. The Morgan fingerprint density at radius 2 is 1.32 bits per heavy atom. The van der Waals surface area contributed by atoms with Crippen molar-refractivity contribution in [3.05, 3.63) is 0 Å². The van der Waals surface area contributed by atoms with E-state index in [4.69, 9.17) is 0 Å². The van der Waals surface area contributed by atoms with Crippen LogP contribution in [0.25, 0.3) is 0 Å². The van der Waals surface area contributed by atoms with Crippen molar-refractivity contribution < 1.29 is 44.3 Å². The molecule has 0 radical (unpaired) electrons. The van der Waals surface area contributed by atoms with Crippen LogP contribution in [0.15, 0.2) is 0 Å². The first-order valence-electron chi connectivity index (χ1n) is 6.42. The van der Waals surface area contributed by atoms with Crippen LogP contribution in [0.1, 0.15) is 39.0 Å². The molecule has 0 rings (SSSR count). The Morgan fingerprint density at radius 1 is 0.818 bits per heavy atom. The second-order valence-corrected chi connectivity index (χ2v) is 4.86. The van der Waals surface area contributed by atoms with Gasteiger partial charge in [0.25, 0.3) is 0 Å². The van der Waals surface area contributed by atoms with Gasteiger partial charge in [0.05, 0.1) is 5.92 Å². The van der Waals surface area contributed by atoms with Crippen molar-refractivity contribution in [1.29, 1.82) is 0 Å². The van der Waals surface area contributed by atoms with Crippen molar-refractivity contribution in [2.45, 2.75) is 63.0 Å². The number of carbonyl (C=O) groups excluding carboxylic acids is 1. The van der Waals surface area contributed by atoms with Crippen molar-refractivity contribution in [2.24, 2.45) is 5.92 Å². The van der Waals surface area contributed by atoms with Gasteiger partial charge in [-0.15, -0.1) is 0 Å². The minimum atomic E-state index is -6.95. The first-order valence-corrected chi connectivity index (χ1v) is 6.42. The molecule has 0 unspecified atom stereocenters. The van der Waals surface area contributed by atoms with Crippen molar-refractivity contribution in [3.8, 4) is 0 Å². The Bertz CT molecular complexity index is 362. The van der Waals surface area contributed by atoms with Gasteiger partial charge in [-0.1, -0.05) is 32.6 Å². The summed E-state index contributed by atoms with van der Waals surface area (Å²) in [7, 11) is 0. The summed E-state index contributed by atoms with van der Waals surface area (Å²) in [5.74, 6) is -22.4. The summed E-state index contributed by atoms with van der Waals surface area (Å²) in [5.41, 5.74) is 0. The van der Waals surface area contributed by atoms with Gasteiger partial charge < -0.3 is 4.79 Å². The smallest absolute Gasteiger partial charge is 0.303 e. The molecule has 1 nitrogen and oxygen atoms in total. The molecule has 132 valence electrons. The highest BCUT2D eigenvalue weighted by Crippen LogP contribution is 2.55. The monoisotopic (exact) mass is 346 g/mol. The van der Waals surface area contributed by atoms with Gasteiger partial charge in [-0.3, -0.25) is 0 Å². The number of aldehydes is 1. The lowest BCUT2D eigenvalue weighted by Crippen LogP contribution is -2.63. The summed E-state index contributed by atoms with van der Waals surface area (Å²) >= 11 is 0. The molecule has 0 fully saturated rings. The van der Waals surface area contributed by atoms with E-state index < -0.39 is 42.6 Å². The van der Waals surface area contributed by atoms with Crippen LogP contribution in [0, 0.1) is 5.92 Å². The van der Waals surface area contributed by atoms with Gasteiger partial charge in [0.15, 0.2) is 0 Å². The van der Waals surface area contributed by atoms with Crippen LogP contribution in [0.4, 0.5) is 39.5 Å². The molecule has 22 heavy (non-hydrogen) atoms. The third-order valence-electron chi connectivity index (χ3n) is 3.17. The summed E-state index contributed by atoms with van der Waals surface area (Å²) in [6, 6.07) is 0. The standard InChI is InChI=1S/C12H15F9O/c1-2-3-4-5-6-8(7-22)9(13,14)10(15,16)11(17,18)12(19,20)21/h7-8H,2-6H2,1H3/t8-/m0/s1. The lowest BCUT2D eigenvalue weighted by Gasteiger charge is -2.36. The summed E-state index contributed by atoms with van der Waals surface area (Å²) in [4.78, 5) is 10.5. The van der Waals surface area contributed by atoms with Crippen molar-refractivity contribution in [2.75, 3.05) is 0 Å². The van der Waals surface area contributed by atoms with E-state index in [0.29, 0.717) is 12.8 Å². The zero-order valence-corrected chi connectivity index (χ0v) is 11.5. The van der Waals surface area contributed by atoms with Crippen molar-refractivity contribution >= 4 is 6.29 Å². The Kier molecular flexibility index (Phi) is 6.77. The molecule has 0 amide bonds. The lowest BCUT2D eigenvalue weighted by molar-refractivity contribution is -0.400. The van der Waals surface area contributed by atoms with Crippen LogP contribution < -0.4 is 0 Å². The van der Waals surface area contributed by atoms with Gasteiger partial charge in [-0.2, -0.15) is 39.5 Å². The quantitative estimate of drug-likeness (QED) is 0.317. The van der Waals surface area contributed by atoms with Gasteiger partial charge in [0, 0.05) is 0 Å². The SMILES string of the molecule is CCCCCC[C@@H](C=O)C(F)(F)C(F)(F)C(F)(F)C(F)(F)F. The molecule has 10 heteroatoms. The second kappa shape index (κ2) is 7.08. The molecule has 0 bridgehead atoms. The highest BCUT2D eigenvalue weighted by atomic mass is 19.4. The highest BCUT2D eigenvalue weighted by molar-refractivity contribution is 5.55. The summed E-state index contributed by atoms with van der Waals surface area (Å²) in [6.07, 6.45) is -7.21. The number of unbranched alkanes of at least 4 members (excludes halogenated alkanes) is 3. The first kappa shape index (κ1) is 21.0. The summed E-state index contributed by atoms with van der Waals surface area (Å²) in [6.45, 7) is 1.74. The Morgan fingerprint density at radius 3 is 1.68 bits per heavy atom. The van der Waals surface area contributed by atoms with Gasteiger partial charge in [-0.05, 0) is 6.42 Å². The Hall–Kier alpha value is -0.960. The summed E-state index contributed by atoms with van der Waals surface area (Å²) < 4.78 is 114. The molecule has 0 aromatic heterocycles. The van der Waals surface area contributed by atoms with E-state index in [-0.39, 0.29) is 12.8 Å². The van der Waals surface area contributed by atoms with E-state index >= 15 is 0 Å². The van der Waals surface area contributed by atoms with E-state index in [1.165, 1.54) is 0 Å². The van der Waals surface area contributed by atoms with Crippen molar-refractivity contribution in [1.82, 2.24) is 0 Å². The predicted molar refractivity (Wildman–Crippen MR) is 59.2 cm³/mol. The van der Waals surface area contributed by atoms with Gasteiger partial charge in [0.1, 0.15) is 6.29 Å². The summed E-state index contributed by atoms with van der Waals surface area (Å²) in [5, 5.41) is 0. The number of hydrogen-bond donors (Lipinski definition) is 0. The van der Waals surface area contributed by atoms with Gasteiger partial charge in [-0.25, -0.2) is 0 Å². The molecular formula is C12H15F9O. The highest BCUT2D eigenvalue weighted by Gasteiger charge is 2.82. The number of halogens is 9. The van der Waals surface area contributed by atoms with Crippen LogP contribution in [-0.4, -0.2) is 30.2 Å². The van der Waals surface area contributed by atoms with Crippen molar-refractivity contribution in [3.63, 3.8) is 0 Å². The minimum absolute atomic E-state index is 0.166. The van der Waals surface area contributed by atoms with E-state index in [2.05, 4.69) is 0 Å². The zero-order valence-electron chi connectivity index (χ0n) is 11.5. The lowest BCUT2D eigenvalue weighted by atomic mass is 9.88. The molecule has 0 aliphatic heterocycles. The van der Waals surface area contributed by atoms with Gasteiger partial charge in [0.2, 0.25) is 0 Å². The van der Waals surface area contributed by atoms with E-state index in [1.807, 2.05) is 0 Å². The number of carbonyl (C=O) groups is 1. The van der Waals surface area contributed by atoms with Crippen LogP contribution >= 0.6 is 0 Å². The van der Waals surface area contributed by atoms with E-state index in [9.17, 15) is 44.3 Å². The van der Waals surface area contributed by atoms with Crippen LogP contribution in [0.2, 0.25) is 0 Å². The van der Waals surface area contributed by atoms with Crippen LogP contribution in [0.5, 0.6) is 0 Å². The maximum absolute atomic E-state index is 13.4. The largest absolute Gasteiger partial charge is 0.460 e. The fourth-order valence-corrected chi connectivity index (χ4v) is 1.75. The molecule has 1 atom stereocenters. The van der Waals surface area contributed by atoms with E-state index in [0.717, 1.165) is 0 Å². The zero-order chi connectivity index (χ0) is 17.8. The molecule has 0 aromatic carbocycles. The number of rotatable bonds is 9. The second-order valence-electron chi connectivity index (χ2n) is 4.86. The number of alkyl halides is 9. The molecule has 0 aliphatic rings. The fourth-order valence-electron chi connectivity index (χ4n) is 1.75. The Balaban J connectivity index is 5.34. The van der Waals surface area contributed by atoms with Crippen LogP contribution in [-0.2, 0) is 4.79 Å².